The Balaban J connectivity index is 2.63. The highest BCUT2D eigenvalue weighted by Gasteiger charge is 2.16. The number of nitrogen functional groups attached to an aromatic ring is 1. The SMILES string of the molecule is COC(C)Cn1c(C)c(C)c2c(N)ncnc21. The van der Waals surface area contributed by atoms with Crippen molar-refractivity contribution in [1.82, 2.24) is 14.5 Å². The Hall–Kier alpha value is -1.62. The Morgan fingerprint density at radius 2 is 2.12 bits per heavy atom. The van der Waals surface area contributed by atoms with Crippen LogP contribution >= 0.6 is 0 Å². The Labute approximate surface area is 101 Å². The van der Waals surface area contributed by atoms with Gasteiger partial charge in [-0.05, 0) is 26.3 Å². The number of hydrogen-bond donors (Lipinski definition) is 1. The second-order valence-electron chi connectivity index (χ2n) is 4.32. The number of methoxy groups -OCH3 is 1. The van der Waals surface area contributed by atoms with E-state index in [1.807, 2.05) is 13.8 Å². The summed E-state index contributed by atoms with van der Waals surface area (Å²) >= 11 is 0. The van der Waals surface area contributed by atoms with Gasteiger partial charge in [-0.25, -0.2) is 9.97 Å². The normalized spacial score (nSPS) is 13.2. The quantitative estimate of drug-likeness (QED) is 0.877. The minimum Gasteiger partial charge on any atom is -0.383 e. The lowest BCUT2D eigenvalue weighted by atomic mass is 10.2. The average Bonchev–Trinajstić information content (AvgIpc) is 2.55. The molecule has 1 unspecified atom stereocenters. The van der Waals surface area contributed by atoms with Crippen LogP contribution in [0.15, 0.2) is 6.33 Å². The lowest BCUT2D eigenvalue weighted by molar-refractivity contribution is 0.104. The fourth-order valence-corrected chi connectivity index (χ4v) is 2.05. The summed E-state index contributed by atoms with van der Waals surface area (Å²) < 4.78 is 7.44. The first-order chi connectivity index (χ1) is 8.06. The molecule has 2 rings (SSSR count). The molecule has 2 heterocycles. The molecule has 0 saturated heterocycles. The minimum atomic E-state index is 0.139. The Morgan fingerprint density at radius 3 is 2.76 bits per heavy atom. The molecule has 0 spiro atoms. The zero-order valence-corrected chi connectivity index (χ0v) is 10.7. The molecule has 0 aliphatic carbocycles. The van der Waals surface area contributed by atoms with Crippen LogP contribution in [-0.4, -0.2) is 27.7 Å². The van der Waals surface area contributed by atoms with Crippen molar-refractivity contribution < 1.29 is 4.74 Å². The van der Waals surface area contributed by atoms with Crippen molar-refractivity contribution in [3.8, 4) is 0 Å². The van der Waals surface area contributed by atoms with Crippen molar-refractivity contribution in [3.05, 3.63) is 17.6 Å². The molecule has 92 valence electrons. The lowest BCUT2D eigenvalue weighted by Gasteiger charge is -2.13. The Kier molecular flexibility index (Phi) is 3.02. The maximum atomic E-state index is 5.91. The summed E-state index contributed by atoms with van der Waals surface area (Å²) in [7, 11) is 1.71. The van der Waals surface area contributed by atoms with Crippen LogP contribution < -0.4 is 5.73 Å². The predicted molar refractivity (Wildman–Crippen MR) is 67.9 cm³/mol. The van der Waals surface area contributed by atoms with Gasteiger partial charge >= 0.3 is 0 Å². The molecular formula is C12H18N4O. The molecule has 1 atom stereocenters. The van der Waals surface area contributed by atoms with Gasteiger partial charge in [0.05, 0.1) is 18.0 Å². The second kappa shape index (κ2) is 4.33. The molecule has 0 aromatic carbocycles. The first-order valence-electron chi connectivity index (χ1n) is 5.65. The molecule has 0 amide bonds. The van der Waals surface area contributed by atoms with Crippen molar-refractivity contribution in [1.29, 1.82) is 0 Å². The number of nitrogens with zero attached hydrogens (tertiary/aromatic N) is 3. The van der Waals surface area contributed by atoms with Gasteiger partial charge in [0.2, 0.25) is 0 Å². The van der Waals surface area contributed by atoms with Crippen molar-refractivity contribution in [2.24, 2.45) is 0 Å². The number of rotatable bonds is 3. The van der Waals surface area contributed by atoms with Crippen molar-refractivity contribution in [2.45, 2.75) is 33.4 Å². The van der Waals surface area contributed by atoms with E-state index < -0.39 is 0 Å². The number of anilines is 1. The fourth-order valence-electron chi connectivity index (χ4n) is 2.05. The number of nitrogens with two attached hydrogens (primary N) is 1. The van der Waals surface area contributed by atoms with Crippen LogP contribution in [0.3, 0.4) is 0 Å². The van der Waals surface area contributed by atoms with Gasteiger partial charge in [-0.15, -0.1) is 0 Å². The highest BCUT2D eigenvalue weighted by Crippen LogP contribution is 2.27. The Bertz CT molecular complexity index is 547. The topological polar surface area (TPSA) is 66.0 Å². The predicted octanol–water partition coefficient (Wildman–Crippen LogP) is 1.67. The van der Waals surface area contributed by atoms with E-state index in [9.17, 15) is 0 Å². The van der Waals surface area contributed by atoms with Crippen LogP contribution in [-0.2, 0) is 11.3 Å². The van der Waals surface area contributed by atoms with E-state index in [1.165, 1.54) is 6.33 Å². The fraction of sp³-hybridized carbons (Fsp3) is 0.500. The first kappa shape index (κ1) is 11.9. The third kappa shape index (κ3) is 1.86. The molecule has 0 fully saturated rings. The zero-order valence-electron chi connectivity index (χ0n) is 10.7. The molecule has 0 radical (unpaired) electrons. The molecule has 17 heavy (non-hydrogen) atoms. The van der Waals surface area contributed by atoms with Crippen LogP contribution in [0.1, 0.15) is 18.2 Å². The Morgan fingerprint density at radius 1 is 1.41 bits per heavy atom. The molecule has 0 bridgehead atoms. The van der Waals surface area contributed by atoms with Gasteiger partial charge in [0.1, 0.15) is 17.8 Å². The van der Waals surface area contributed by atoms with E-state index >= 15 is 0 Å². The molecule has 2 N–H and O–H groups in total. The largest absolute Gasteiger partial charge is 0.383 e. The number of hydrogen-bond acceptors (Lipinski definition) is 4. The maximum Gasteiger partial charge on any atom is 0.146 e. The van der Waals surface area contributed by atoms with Gasteiger partial charge in [-0.3, -0.25) is 0 Å². The van der Waals surface area contributed by atoms with Gasteiger partial charge in [0.25, 0.3) is 0 Å². The van der Waals surface area contributed by atoms with Gasteiger partial charge in [0.15, 0.2) is 0 Å². The smallest absolute Gasteiger partial charge is 0.146 e. The van der Waals surface area contributed by atoms with Crippen molar-refractivity contribution >= 4 is 16.9 Å². The molecule has 5 nitrogen and oxygen atoms in total. The van der Waals surface area contributed by atoms with E-state index in [4.69, 9.17) is 10.5 Å². The summed E-state index contributed by atoms with van der Waals surface area (Å²) in [6.07, 6.45) is 1.64. The summed E-state index contributed by atoms with van der Waals surface area (Å²) in [6.45, 7) is 6.92. The number of fused-ring (bicyclic) bond motifs is 1. The van der Waals surface area contributed by atoms with Crippen LogP contribution in [0.25, 0.3) is 11.0 Å². The van der Waals surface area contributed by atoms with E-state index in [0.717, 1.165) is 28.8 Å². The summed E-state index contributed by atoms with van der Waals surface area (Å²) in [5.74, 6) is 0.541. The standard InChI is InChI=1S/C12H18N4O/c1-7(17-4)5-16-9(3)8(2)10-11(13)14-6-15-12(10)16/h6-7H,5H2,1-4H3,(H2,13,14,15). The molecule has 5 heteroatoms. The highest BCUT2D eigenvalue weighted by molar-refractivity contribution is 5.90. The molecule has 2 aromatic rings. The molecular weight excluding hydrogens is 216 g/mol. The number of aromatic nitrogens is 3. The monoisotopic (exact) mass is 234 g/mol. The van der Waals surface area contributed by atoms with E-state index in [1.54, 1.807) is 7.11 Å². The third-order valence-corrected chi connectivity index (χ3v) is 3.28. The van der Waals surface area contributed by atoms with Crippen molar-refractivity contribution in [2.75, 3.05) is 12.8 Å². The number of aryl methyl sites for hydroxylation is 1. The highest BCUT2D eigenvalue weighted by atomic mass is 16.5. The van der Waals surface area contributed by atoms with E-state index in [0.29, 0.717) is 5.82 Å². The third-order valence-electron chi connectivity index (χ3n) is 3.28. The summed E-state index contributed by atoms with van der Waals surface area (Å²) in [4.78, 5) is 8.37. The van der Waals surface area contributed by atoms with Crippen LogP contribution in [0, 0.1) is 13.8 Å². The number of ether oxygens (including phenoxy) is 1. The zero-order chi connectivity index (χ0) is 12.6. The van der Waals surface area contributed by atoms with Crippen LogP contribution in [0.2, 0.25) is 0 Å². The minimum absolute atomic E-state index is 0.139. The van der Waals surface area contributed by atoms with Crippen LogP contribution in [0.5, 0.6) is 0 Å². The summed E-state index contributed by atoms with van der Waals surface area (Å²) in [6, 6.07) is 0. The van der Waals surface area contributed by atoms with Gasteiger partial charge in [0, 0.05) is 12.8 Å². The summed E-state index contributed by atoms with van der Waals surface area (Å²) in [5, 5.41) is 0.952. The van der Waals surface area contributed by atoms with Gasteiger partial charge < -0.3 is 15.0 Å². The summed E-state index contributed by atoms with van der Waals surface area (Å²) in [5.41, 5.74) is 9.10. The molecule has 0 aliphatic rings. The second-order valence-corrected chi connectivity index (χ2v) is 4.32. The van der Waals surface area contributed by atoms with Gasteiger partial charge in [-0.1, -0.05) is 0 Å². The van der Waals surface area contributed by atoms with Gasteiger partial charge in [-0.2, -0.15) is 0 Å². The van der Waals surface area contributed by atoms with Crippen LogP contribution in [0.4, 0.5) is 5.82 Å². The first-order valence-corrected chi connectivity index (χ1v) is 5.65. The molecule has 0 saturated carbocycles. The molecule has 2 aromatic heterocycles. The van der Waals surface area contributed by atoms with Crippen molar-refractivity contribution in [3.63, 3.8) is 0 Å². The van der Waals surface area contributed by atoms with E-state index in [-0.39, 0.29) is 6.10 Å². The average molecular weight is 234 g/mol. The maximum absolute atomic E-state index is 5.91. The molecule has 0 aliphatic heterocycles. The lowest BCUT2D eigenvalue weighted by Crippen LogP contribution is -2.16. The van der Waals surface area contributed by atoms with E-state index in [2.05, 4.69) is 21.5 Å².